The summed E-state index contributed by atoms with van der Waals surface area (Å²) in [7, 11) is 0. The van der Waals surface area contributed by atoms with Gasteiger partial charge in [0.25, 0.3) is 0 Å². The first-order chi connectivity index (χ1) is 16.6. The van der Waals surface area contributed by atoms with Gasteiger partial charge in [-0.25, -0.2) is 4.98 Å². The van der Waals surface area contributed by atoms with Gasteiger partial charge in [-0.15, -0.1) is 0 Å². The minimum Gasteiger partial charge on any atom is -0.369 e. The zero-order chi connectivity index (χ0) is 23.2. The number of aryl methyl sites for hydroxylation is 4. The maximum atomic E-state index is 5.22. The Morgan fingerprint density at radius 2 is 1.76 bits per heavy atom. The average Bonchev–Trinajstić information content (AvgIpc) is 3.37. The van der Waals surface area contributed by atoms with E-state index in [-0.39, 0.29) is 0 Å². The highest BCUT2D eigenvalue weighted by molar-refractivity contribution is 5.96. The van der Waals surface area contributed by atoms with Crippen LogP contribution in [-0.2, 0) is 12.8 Å². The van der Waals surface area contributed by atoms with Crippen molar-refractivity contribution >= 4 is 16.7 Å². The summed E-state index contributed by atoms with van der Waals surface area (Å²) in [6.45, 7) is 12.7. The lowest BCUT2D eigenvalue weighted by atomic mass is 9.95. The van der Waals surface area contributed by atoms with Crippen molar-refractivity contribution in [2.45, 2.75) is 72.1 Å². The molecule has 0 amide bonds. The molecule has 0 spiro atoms. The summed E-state index contributed by atoms with van der Waals surface area (Å²) in [5.41, 5.74) is 10.9. The van der Waals surface area contributed by atoms with Gasteiger partial charge in [0.2, 0.25) is 0 Å². The number of hydrogen-bond donors (Lipinski definition) is 0. The largest absolute Gasteiger partial charge is 0.369 e. The van der Waals surface area contributed by atoms with Crippen LogP contribution in [0.1, 0.15) is 66.6 Å². The van der Waals surface area contributed by atoms with Gasteiger partial charge in [-0.1, -0.05) is 17.7 Å². The quantitative estimate of drug-likeness (QED) is 0.427. The molecule has 0 atom stereocenters. The van der Waals surface area contributed by atoms with Crippen molar-refractivity contribution in [3.63, 3.8) is 0 Å². The Hall–Kier alpha value is -2.33. The highest BCUT2D eigenvalue weighted by Gasteiger charge is 2.30. The van der Waals surface area contributed by atoms with Crippen molar-refractivity contribution in [2.24, 2.45) is 5.92 Å². The van der Waals surface area contributed by atoms with E-state index in [4.69, 9.17) is 4.98 Å². The van der Waals surface area contributed by atoms with Gasteiger partial charge in [0, 0.05) is 42.1 Å². The van der Waals surface area contributed by atoms with Crippen LogP contribution in [0.25, 0.3) is 16.7 Å². The maximum absolute atomic E-state index is 5.22. The van der Waals surface area contributed by atoms with Crippen LogP contribution in [0, 0.1) is 26.7 Å². The van der Waals surface area contributed by atoms with E-state index in [1.165, 1.54) is 110 Å². The van der Waals surface area contributed by atoms with Gasteiger partial charge in [0.1, 0.15) is 5.65 Å². The van der Waals surface area contributed by atoms with Crippen molar-refractivity contribution < 1.29 is 0 Å². The first-order valence-electron chi connectivity index (χ1n) is 13.7. The van der Waals surface area contributed by atoms with Gasteiger partial charge in [0.15, 0.2) is 0 Å². The van der Waals surface area contributed by atoms with E-state index in [9.17, 15) is 0 Å². The average molecular weight is 457 g/mol. The van der Waals surface area contributed by atoms with Crippen LogP contribution in [0.15, 0.2) is 24.3 Å². The van der Waals surface area contributed by atoms with Gasteiger partial charge in [-0.3, -0.25) is 4.57 Å². The van der Waals surface area contributed by atoms with E-state index in [0.29, 0.717) is 0 Å². The van der Waals surface area contributed by atoms with Gasteiger partial charge in [-0.05, 0) is 114 Å². The molecule has 180 valence electrons. The fourth-order valence-electron chi connectivity index (χ4n) is 6.38. The zero-order valence-corrected chi connectivity index (χ0v) is 21.4. The van der Waals surface area contributed by atoms with Gasteiger partial charge >= 0.3 is 0 Å². The normalized spacial score (nSPS) is 18.6. The number of benzene rings is 1. The topological polar surface area (TPSA) is 24.3 Å². The summed E-state index contributed by atoms with van der Waals surface area (Å²) < 4.78 is 2.53. The molecule has 1 aliphatic heterocycles. The summed E-state index contributed by atoms with van der Waals surface area (Å²) in [5.74, 6) is 0.874. The number of anilines is 1. The summed E-state index contributed by atoms with van der Waals surface area (Å²) in [4.78, 5) is 10.6. The fraction of sp³-hybridized carbons (Fsp3) is 0.567. The Bertz CT molecular complexity index is 1200. The lowest BCUT2D eigenvalue weighted by Gasteiger charge is -2.29. The predicted molar refractivity (Wildman–Crippen MR) is 143 cm³/mol. The molecule has 3 aliphatic rings. The number of aromatic nitrogens is 2. The van der Waals surface area contributed by atoms with Crippen LogP contribution in [0.3, 0.4) is 0 Å². The van der Waals surface area contributed by atoms with Crippen LogP contribution in [0.5, 0.6) is 0 Å². The lowest BCUT2D eigenvalue weighted by Crippen LogP contribution is -2.35. The Morgan fingerprint density at radius 3 is 2.53 bits per heavy atom. The highest BCUT2D eigenvalue weighted by atomic mass is 15.2. The molecular weight excluding hydrogens is 416 g/mol. The molecule has 3 heterocycles. The monoisotopic (exact) mass is 456 g/mol. The summed E-state index contributed by atoms with van der Waals surface area (Å²) in [6.07, 6.45) is 10.5. The fourth-order valence-corrected chi connectivity index (χ4v) is 6.38. The predicted octanol–water partition coefficient (Wildman–Crippen LogP) is 6.14. The highest BCUT2D eigenvalue weighted by Crippen LogP contribution is 2.41. The first-order valence-corrected chi connectivity index (χ1v) is 13.7. The molecule has 0 bridgehead atoms. The number of likely N-dealkylation sites (tertiary alicyclic amines) is 1. The molecule has 3 aromatic rings. The molecule has 1 saturated carbocycles. The van der Waals surface area contributed by atoms with Gasteiger partial charge < -0.3 is 9.80 Å². The number of nitrogens with zero attached hydrogens (tertiary/aromatic N) is 4. The van der Waals surface area contributed by atoms with E-state index in [1.807, 2.05) is 0 Å². The zero-order valence-electron chi connectivity index (χ0n) is 21.4. The van der Waals surface area contributed by atoms with Crippen molar-refractivity contribution in [1.82, 2.24) is 14.5 Å². The molecular formula is C30H40N4. The standard InChI is InChI=1S/C30H40N4/c1-21-10-13-26(22(2)18-21)34-27-9-5-4-8-25(27)29-28(19-23(3)31-30(29)34)33(20-24-11-12-24)17-16-32-14-6-7-15-32/h10,13,18-19,24H,4-9,11-12,14-17,20H2,1-3H3. The van der Waals surface area contributed by atoms with Crippen molar-refractivity contribution in [1.29, 1.82) is 0 Å². The molecule has 2 aromatic heterocycles. The second-order valence-electron chi connectivity index (χ2n) is 11.2. The Morgan fingerprint density at radius 1 is 0.971 bits per heavy atom. The van der Waals surface area contributed by atoms with E-state index in [1.54, 1.807) is 5.56 Å². The second-order valence-corrected chi connectivity index (χ2v) is 11.2. The van der Waals surface area contributed by atoms with E-state index >= 15 is 0 Å². The maximum Gasteiger partial charge on any atom is 0.147 e. The third kappa shape index (κ3) is 4.15. The molecule has 4 heteroatoms. The minimum absolute atomic E-state index is 0.874. The Balaban J connectivity index is 1.51. The SMILES string of the molecule is Cc1ccc(-n2c3c(c4c(N(CCN5CCCC5)CC5CC5)cc(C)nc42)CCCC3)c(C)c1. The van der Waals surface area contributed by atoms with Crippen LogP contribution in [-0.4, -0.2) is 47.2 Å². The van der Waals surface area contributed by atoms with Crippen LogP contribution >= 0.6 is 0 Å². The van der Waals surface area contributed by atoms with Crippen LogP contribution in [0.4, 0.5) is 5.69 Å². The summed E-state index contributed by atoms with van der Waals surface area (Å²) in [5, 5.41) is 1.45. The Labute approximate surface area is 205 Å². The van der Waals surface area contributed by atoms with Crippen molar-refractivity contribution in [3.8, 4) is 5.69 Å². The molecule has 1 saturated heterocycles. The van der Waals surface area contributed by atoms with Crippen LogP contribution < -0.4 is 4.90 Å². The molecule has 34 heavy (non-hydrogen) atoms. The summed E-state index contributed by atoms with van der Waals surface area (Å²) >= 11 is 0. The smallest absolute Gasteiger partial charge is 0.147 e. The number of pyridine rings is 1. The number of hydrogen-bond acceptors (Lipinski definition) is 3. The molecule has 2 fully saturated rings. The number of rotatable bonds is 7. The number of fused-ring (bicyclic) bond motifs is 3. The van der Waals surface area contributed by atoms with Gasteiger partial charge in [-0.2, -0.15) is 0 Å². The molecule has 1 aromatic carbocycles. The minimum atomic E-state index is 0.874. The molecule has 0 N–H and O–H groups in total. The lowest BCUT2D eigenvalue weighted by molar-refractivity contribution is 0.344. The second kappa shape index (κ2) is 9.03. The third-order valence-electron chi connectivity index (χ3n) is 8.32. The molecule has 4 nitrogen and oxygen atoms in total. The first kappa shape index (κ1) is 22.2. The van der Waals surface area contributed by atoms with Crippen LogP contribution in [0.2, 0.25) is 0 Å². The van der Waals surface area contributed by atoms with Crippen molar-refractivity contribution in [3.05, 3.63) is 52.3 Å². The van der Waals surface area contributed by atoms with E-state index < -0.39 is 0 Å². The molecule has 0 radical (unpaired) electrons. The molecule has 2 aliphatic carbocycles. The third-order valence-corrected chi connectivity index (χ3v) is 8.32. The summed E-state index contributed by atoms with van der Waals surface area (Å²) in [6, 6.07) is 9.30. The van der Waals surface area contributed by atoms with E-state index in [2.05, 4.69) is 59.4 Å². The Kier molecular flexibility index (Phi) is 5.89. The molecule has 6 rings (SSSR count). The van der Waals surface area contributed by atoms with Crippen molar-refractivity contribution in [2.75, 3.05) is 37.6 Å². The van der Waals surface area contributed by atoms with Gasteiger partial charge in [0.05, 0.1) is 5.69 Å². The molecule has 0 unspecified atom stereocenters. The van der Waals surface area contributed by atoms with E-state index in [0.717, 1.165) is 24.6 Å².